The zero-order valence-electron chi connectivity index (χ0n) is 15.2. The standard InChI is InChI=1S/C18H15F2N7O2/c1-9-23-24-17(29-9)18(28)26-6-4-11-14(22-8-21-11)15(26)12-7-13-10(16(19)20)3-2-5-27(13)25-12/h2-3,5,7-8,15-16H,4,6H2,1H3,(H,21,22)/t15-/m0/s1. The van der Waals surface area contributed by atoms with E-state index in [0.29, 0.717) is 24.4 Å². The highest BCUT2D eigenvalue weighted by atomic mass is 19.3. The van der Waals surface area contributed by atoms with Gasteiger partial charge in [-0.1, -0.05) is 0 Å². The van der Waals surface area contributed by atoms with Gasteiger partial charge in [0.1, 0.15) is 6.04 Å². The molecule has 1 N–H and O–H groups in total. The zero-order chi connectivity index (χ0) is 20.1. The monoisotopic (exact) mass is 399 g/mol. The second-order valence-corrected chi connectivity index (χ2v) is 6.71. The van der Waals surface area contributed by atoms with Crippen LogP contribution in [-0.4, -0.2) is 47.1 Å². The van der Waals surface area contributed by atoms with E-state index in [0.717, 1.165) is 5.69 Å². The molecule has 4 aromatic heterocycles. The first-order chi connectivity index (χ1) is 14.0. The zero-order valence-corrected chi connectivity index (χ0v) is 15.2. The molecule has 0 unspecified atom stereocenters. The molecule has 1 aliphatic rings. The normalized spacial score (nSPS) is 16.6. The molecule has 0 aromatic carbocycles. The largest absolute Gasteiger partial charge is 0.417 e. The number of aryl methyl sites for hydroxylation is 1. The predicted molar refractivity (Wildman–Crippen MR) is 94.4 cm³/mol. The second-order valence-electron chi connectivity index (χ2n) is 6.71. The molecular formula is C18H15F2N7O2. The molecule has 1 aliphatic heterocycles. The highest BCUT2D eigenvalue weighted by Gasteiger charge is 2.38. The number of aromatic amines is 1. The smallest absolute Gasteiger partial charge is 0.312 e. The third kappa shape index (κ3) is 2.77. The molecule has 4 aromatic rings. The van der Waals surface area contributed by atoms with Crippen LogP contribution in [0.2, 0.25) is 0 Å². The van der Waals surface area contributed by atoms with E-state index in [-0.39, 0.29) is 22.9 Å². The highest BCUT2D eigenvalue weighted by molar-refractivity contribution is 5.90. The van der Waals surface area contributed by atoms with Gasteiger partial charge in [-0.3, -0.25) is 4.79 Å². The number of halogens is 2. The number of fused-ring (bicyclic) bond motifs is 2. The van der Waals surface area contributed by atoms with Crippen LogP contribution in [-0.2, 0) is 6.42 Å². The average Bonchev–Trinajstić information content (AvgIpc) is 3.44. The van der Waals surface area contributed by atoms with Crippen molar-refractivity contribution in [2.75, 3.05) is 6.54 Å². The van der Waals surface area contributed by atoms with Crippen LogP contribution in [0.4, 0.5) is 8.78 Å². The lowest BCUT2D eigenvalue weighted by Gasteiger charge is -2.32. The Bertz CT molecular complexity index is 1210. The Balaban J connectivity index is 1.64. The maximum atomic E-state index is 13.4. The maximum absolute atomic E-state index is 13.4. The Kier molecular flexibility index (Phi) is 3.89. The summed E-state index contributed by atoms with van der Waals surface area (Å²) in [5, 5.41) is 12.0. The van der Waals surface area contributed by atoms with E-state index < -0.39 is 18.4 Å². The maximum Gasteiger partial charge on any atom is 0.312 e. The summed E-state index contributed by atoms with van der Waals surface area (Å²) >= 11 is 0. The lowest BCUT2D eigenvalue weighted by atomic mass is 9.99. The number of nitrogens with one attached hydrogen (secondary N) is 1. The predicted octanol–water partition coefficient (Wildman–Crippen LogP) is 2.47. The number of pyridine rings is 1. The van der Waals surface area contributed by atoms with Gasteiger partial charge in [0.05, 0.1) is 23.2 Å². The van der Waals surface area contributed by atoms with Gasteiger partial charge in [0.15, 0.2) is 0 Å². The molecule has 29 heavy (non-hydrogen) atoms. The van der Waals surface area contributed by atoms with Gasteiger partial charge in [-0.2, -0.15) is 5.10 Å². The Morgan fingerprint density at radius 2 is 2.24 bits per heavy atom. The first kappa shape index (κ1) is 17.5. The molecule has 0 radical (unpaired) electrons. The summed E-state index contributed by atoms with van der Waals surface area (Å²) in [5.74, 6) is -0.324. The van der Waals surface area contributed by atoms with Crippen LogP contribution in [0.15, 0.2) is 35.1 Å². The van der Waals surface area contributed by atoms with Crippen LogP contribution < -0.4 is 0 Å². The van der Waals surface area contributed by atoms with Crippen molar-refractivity contribution in [2.24, 2.45) is 0 Å². The van der Waals surface area contributed by atoms with E-state index >= 15 is 0 Å². The van der Waals surface area contributed by atoms with Crippen LogP contribution in [0.1, 0.15) is 51.7 Å². The van der Waals surface area contributed by atoms with Crippen molar-refractivity contribution in [3.8, 4) is 0 Å². The van der Waals surface area contributed by atoms with Crippen LogP contribution in [0.3, 0.4) is 0 Å². The first-order valence-electron chi connectivity index (χ1n) is 8.92. The van der Waals surface area contributed by atoms with E-state index in [9.17, 15) is 13.6 Å². The van der Waals surface area contributed by atoms with Gasteiger partial charge in [0, 0.05) is 37.3 Å². The number of amides is 1. The van der Waals surface area contributed by atoms with Gasteiger partial charge in [-0.05, 0) is 18.2 Å². The fourth-order valence-corrected chi connectivity index (χ4v) is 3.68. The fraction of sp³-hybridized carbons (Fsp3) is 0.278. The molecule has 0 saturated heterocycles. The number of carbonyl (C=O) groups is 1. The quantitative estimate of drug-likeness (QED) is 0.567. The molecular weight excluding hydrogens is 384 g/mol. The van der Waals surface area contributed by atoms with Gasteiger partial charge < -0.3 is 14.3 Å². The Labute approximate surface area is 162 Å². The SMILES string of the molecule is Cc1nnc(C(=O)N2CCc3[nH]cnc3[C@@H]2c2cc3c(C(F)F)cccn3n2)o1. The lowest BCUT2D eigenvalue weighted by molar-refractivity contribution is 0.0644. The molecule has 0 fully saturated rings. The van der Waals surface area contributed by atoms with Crippen molar-refractivity contribution >= 4 is 11.4 Å². The second kappa shape index (κ2) is 6.47. The van der Waals surface area contributed by atoms with Crippen molar-refractivity contribution in [2.45, 2.75) is 25.8 Å². The van der Waals surface area contributed by atoms with Crippen LogP contribution in [0.5, 0.6) is 0 Å². The molecule has 148 valence electrons. The van der Waals surface area contributed by atoms with E-state index in [4.69, 9.17) is 4.42 Å². The van der Waals surface area contributed by atoms with Gasteiger partial charge in [0.25, 0.3) is 6.43 Å². The third-order valence-electron chi connectivity index (χ3n) is 4.96. The van der Waals surface area contributed by atoms with Crippen molar-refractivity contribution in [3.63, 3.8) is 0 Å². The third-order valence-corrected chi connectivity index (χ3v) is 4.96. The molecule has 0 aliphatic carbocycles. The lowest BCUT2D eigenvalue weighted by Crippen LogP contribution is -2.41. The molecule has 0 spiro atoms. The molecule has 1 amide bonds. The topological polar surface area (TPSA) is 105 Å². The fourth-order valence-electron chi connectivity index (χ4n) is 3.68. The molecule has 0 bridgehead atoms. The van der Waals surface area contributed by atoms with Gasteiger partial charge in [0.2, 0.25) is 5.89 Å². The van der Waals surface area contributed by atoms with E-state index in [1.54, 1.807) is 25.5 Å². The molecule has 1 atom stereocenters. The minimum atomic E-state index is -2.64. The van der Waals surface area contributed by atoms with Gasteiger partial charge in [-0.25, -0.2) is 18.3 Å². The van der Waals surface area contributed by atoms with E-state index in [1.165, 1.54) is 21.5 Å². The molecule has 5 heterocycles. The number of carbonyl (C=O) groups excluding carboxylic acids is 1. The number of hydrogen-bond donors (Lipinski definition) is 1. The Hall–Kier alpha value is -3.63. The number of rotatable bonds is 3. The van der Waals surface area contributed by atoms with Crippen molar-refractivity contribution in [1.82, 2.24) is 34.7 Å². The summed E-state index contributed by atoms with van der Waals surface area (Å²) < 4.78 is 33.5. The highest BCUT2D eigenvalue weighted by Crippen LogP contribution is 2.35. The Morgan fingerprint density at radius 1 is 1.38 bits per heavy atom. The van der Waals surface area contributed by atoms with Gasteiger partial charge >= 0.3 is 11.8 Å². The molecule has 0 saturated carbocycles. The molecule has 9 nitrogen and oxygen atoms in total. The number of H-pyrrole nitrogens is 1. The summed E-state index contributed by atoms with van der Waals surface area (Å²) in [5.41, 5.74) is 2.06. The van der Waals surface area contributed by atoms with E-state index in [2.05, 4.69) is 25.3 Å². The number of aromatic nitrogens is 6. The summed E-state index contributed by atoms with van der Waals surface area (Å²) in [7, 11) is 0. The number of alkyl halides is 2. The van der Waals surface area contributed by atoms with Crippen LogP contribution in [0.25, 0.3) is 5.52 Å². The first-order valence-corrected chi connectivity index (χ1v) is 8.92. The van der Waals surface area contributed by atoms with Crippen molar-refractivity contribution < 1.29 is 18.0 Å². The Morgan fingerprint density at radius 3 is 3.00 bits per heavy atom. The summed E-state index contributed by atoms with van der Waals surface area (Å²) in [6.45, 7) is 1.95. The molecule has 11 heteroatoms. The van der Waals surface area contributed by atoms with Crippen LogP contribution >= 0.6 is 0 Å². The summed E-state index contributed by atoms with van der Waals surface area (Å²) in [4.78, 5) is 22.0. The minimum Gasteiger partial charge on any atom is -0.417 e. The average molecular weight is 399 g/mol. The number of imidazole rings is 1. The van der Waals surface area contributed by atoms with Crippen molar-refractivity contribution in [1.29, 1.82) is 0 Å². The van der Waals surface area contributed by atoms with E-state index in [1.807, 2.05) is 0 Å². The van der Waals surface area contributed by atoms with Gasteiger partial charge in [-0.15, -0.1) is 10.2 Å². The van der Waals surface area contributed by atoms with Crippen LogP contribution in [0, 0.1) is 6.92 Å². The van der Waals surface area contributed by atoms with Crippen molar-refractivity contribution in [3.05, 3.63) is 65.1 Å². The molecule has 5 rings (SSSR count). The number of hydrogen-bond acceptors (Lipinski definition) is 6. The summed E-state index contributed by atoms with van der Waals surface area (Å²) in [6, 6.07) is 3.76. The summed E-state index contributed by atoms with van der Waals surface area (Å²) in [6.07, 6.45) is 1.05. The minimum absolute atomic E-state index is 0.130. The number of nitrogens with zero attached hydrogens (tertiary/aromatic N) is 6.